The van der Waals surface area contributed by atoms with Crippen LogP contribution in [0.15, 0.2) is 42.5 Å². The number of ether oxygens (including phenoxy) is 1. The van der Waals surface area contributed by atoms with Crippen LogP contribution in [0.5, 0.6) is 5.75 Å². The molecular formula is C25H33N3O3. The number of carbonyl (C=O) groups excluding carboxylic acids is 2. The van der Waals surface area contributed by atoms with Crippen molar-refractivity contribution in [1.82, 2.24) is 4.90 Å². The van der Waals surface area contributed by atoms with Gasteiger partial charge in [-0.3, -0.25) is 9.59 Å². The number of benzene rings is 2. The van der Waals surface area contributed by atoms with Gasteiger partial charge in [-0.15, -0.1) is 0 Å². The average molecular weight is 424 g/mol. The Morgan fingerprint density at radius 3 is 2.32 bits per heavy atom. The van der Waals surface area contributed by atoms with Gasteiger partial charge in [-0.05, 0) is 66.8 Å². The van der Waals surface area contributed by atoms with Gasteiger partial charge < -0.3 is 19.9 Å². The van der Waals surface area contributed by atoms with Gasteiger partial charge in [0.15, 0.2) is 0 Å². The summed E-state index contributed by atoms with van der Waals surface area (Å²) in [5, 5.41) is 2.97. The van der Waals surface area contributed by atoms with Crippen LogP contribution in [-0.4, -0.2) is 44.5 Å². The summed E-state index contributed by atoms with van der Waals surface area (Å²) in [5.41, 5.74) is 3.44. The molecule has 0 radical (unpaired) electrons. The Bertz CT molecular complexity index is 918. The lowest BCUT2D eigenvalue weighted by molar-refractivity contribution is -0.118. The summed E-state index contributed by atoms with van der Waals surface area (Å²) in [6, 6.07) is 13.1. The van der Waals surface area contributed by atoms with Gasteiger partial charge >= 0.3 is 0 Å². The van der Waals surface area contributed by atoms with E-state index in [-0.39, 0.29) is 17.7 Å². The molecule has 1 N–H and O–H groups in total. The molecule has 2 aromatic rings. The Morgan fingerprint density at radius 2 is 1.77 bits per heavy atom. The molecule has 6 nitrogen and oxygen atoms in total. The van der Waals surface area contributed by atoms with Crippen LogP contribution in [0.4, 0.5) is 11.4 Å². The monoisotopic (exact) mass is 423 g/mol. The van der Waals surface area contributed by atoms with Crippen LogP contribution in [0.2, 0.25) is 0 Å². The van der Waals surface area contributed by atoms with Crippen molar-refractivity contribution in [3.8, 4) is 5.75 Å². The lowest BCUT2D eigenvalue weighted by Crippen LogP contribution is -2.33. The molecule has 0 spiro atoms. The number of hydrogen-bond donors (Lipinski definition) is 1. The Hall–Kier alpha value is -3.02. The second kappa shape index (κ2) is 9.86. The van der Waals surface area contributed by atoms with Crippen LogP contribution in [-0.2, 0) is 11.3 Å². The van der Waals surface area contributed by atoms with Gasteiger partial charge in [-0.25, -0.2) is 0 Å². The van der Waals surface area contributed by atoms with Crippen LogP contribution in [0, 0.1) is 11.8 Å². The molecule has 6 heteroatoms. The molecule has 2 aromatic carbocycles. The number of rotatable bonds is 9. The van der Waals surface area contributed by atoms with Crippen molar-refractivity contribution in [3.63, 3.8) is 0 Å². The standard InChI is InChI=1S/C25H33N3O3/c1-17(2)24(29)26-21-10-13-23(27(3)4)20(14-21)16-28(15-18-6-7-18)25(30)19-8-11-22(31-5)12-9-19/h8-14,17-18H,6-7,15-16H2,1-5H3,(H,26,29). The summed E-state index contributed by atoms with van der Waals surface area (Å²) in [5.74, 6) is 1.19. The van der Waals surface area contributed by atoms with Gasteiger partial charge in [0.05, 0.1) is 7.11 Å². The van der Waals surface area contributed by atoms with E-state index in [1.54, 1.807) is 7.11 Å². The predicted octanol–water partition coefficient (Wildman–Crippen LogP) is 4.41. The molecule has 0 unspecified atom stereocenters. The fraction of sp³-hybridized carbons (Fsp3) is 0.440. The molecule has 1 fully saturated rings. The Kier molecular flexibility index (Phi) is 7.21. The molecule has 0 aliphatic heterocycles. The zero-order valence-electron chi connectivity index (χ0n) is 19.1. The number of methoxy groups -OCH3 is 1. The molecule has 0 heterocycles. The molecule has 1 saturated carbocycles. The highest BCUT2D eigenvalue weighted by Gasteiger charge is 2.28. The van der Waals surface area contributed by atoms with E-state index in [0.29, 0.717) is 18.0 Å². The first kappa shape index (κ1) is 22.7. The van der Waals surface area contributed by atoms with Crippen LogP contribution < -0.4 is 15.0 Å². The average Bonchev–Trinajstić information content (AvgIpc) is 3.57. The lowest BCUT2D eigenvalue weighted by Gasteiger charge is -2.26. The number of anilines is 2. The van der Waals surface area contributed by atoms with Crippen molar-refractivity contribution < 1.29 is 14.3 Å². The number of amides is 2. The van der Waals surface area contributed by atoms with Crippen LogP contribution >= 0.6 is 0 Å². The lowest BCUT2D eigenvalue weighted by atomic mass is 10.1. The molecule has 0 bridgehead atoms. The van der Waals surface area contributed by atoms with Crippen LogP contribution in [0.3, 0.4) is 0 Å². The highest BCUT2D eigenvalue weighted by atomic mass is 16.5. The predicted molar refractivity (Wildman–Crippen MR) is 125 cm³/mol. The topological polar surface area (TPSA) is 61.9 Å². The van der Waals surface area contributed by atoms with Crippen molar-refractivity contribution >= 4 is 23.2 Å². The van der Waals surface area contributed by atoms with Crippen molar-refractivity contribution in [2.24, 2.45) is 11.8 Å². The normalized spacial score (nSPS) is 13.1. The van der Waals surface area contributed by atoms with E-state index in [0.717, 1.165) is 42.1 Å². The SMILES string of the molecule is COc1ccc(C(=O)N(Cc2cc(NC(=O)C(C)C)ccc2N(C)C)CC2CC2)cc1. The molecule has 0 saturated heterocycles. The van der Waals surface area contributed by atoms with E-state index in [4.69, 9.17) is 4.74 Å². The Morgan fingerprint density at radius 1 is 1.10 bits per heavy atom. The third-order valence-corrected chi connectivity index (χ3v) is 5.51. The molecule has 0 aromatic heterocycles. The fourth-order valence-corrected chi connectivity index (χ4v) is 3.47. The van der Waals surface area contributed by atoms with Crippen LogP contribution in [0.25, 0.3) is 0 Å². The van der Waals surface area contributed by atoms with Crippen molar-refractivity contribution in [1.29, 1.82) is 0 Å². The largest absolute Gasteiger partial charge is 0.497 e. The van der Waals surface area contributed by atoms with E-state index in [9.17, 15) is 9.59 Å². The second-order valence-corrected chi connectivity index (χ2v) is 8.74. The van der Waals surface area contributed by atoms with Gasteiger partial charge in [0.1, 0.15) is 5.75 Å². The third-order valence-electron chi connectivity index (χ3n) is 5.51. The smallest absolute Gasteiger partial charge is 0.254 e. The minimum Gasteiger partial charge on any atom is -0.497 e. The van der Waals surface area contributed by atoms with Gasteiger partial charge in [-0.2, -0.15) is 0 Å². The quantitative estimate of drug-likeness (QED) is 0.649. The molecular weight excluding hydrogens is 390 g/mol. The third kappa shape index (κ3) is 6.00. The minimum atomic E-state index is -0.0972. The maximum atomic E-state index is 13.3. The van der Waals surface area contributed by atoms with E-state index in [1.807, 2.05) is 80.2 Å². The fourth-order valence-electron chi connectivity index (χ4n) is 3.47. The number of hydrogen-bond acceptors (Lipinski definition) is 4. The molecule has 0 atom stereocenters. The minimum absolute atomic E-state index is 0.0101. The Labute approximate surface area is 185 Å². The summed E-state index contributed by atoms with van der Waals surface area (Å²) < 4.78 is 5.22. The summed E-state index contributed by atoms with van der Waals surface area (Å²) in [6.07, 6.45) is 2.33. The summed E-state index contributed by atoms with van der Waals surface area (Å²) >= 11 is 0. The number of nitrogens with zero attached hydrogens (tertiary/aromatic N) is 2. The zero-order valence-corrected chi connectivity index (χ0v) is 19.1. The van der Waals surface area contributed by atoms with Crippen LogP contribution in [0.1, 0.15) is 42.6 Å². The van der Waals surface area contributed by atoms with Crippen molar-refractivity contribution in [2.75, 3.05) is 38.0 Å². The van der Waals surface area contributed by atoms with E-state index >= 15 is 0 Å². The maximum absolute atomic E-state index is 13.3. The van der Waals surface area contributed by atoms with Crippen molar-refractivity contribution in [2.45, 2.75) is 33.2 Å². The van der Waals surface area contributed by atoms with E-state index in [1.165, 1.54) is 0 Å². The molecule has 2 amide bonds. The number of carbonyl (C=O) groups is 2. The van der Waals surface area contributed by atoms with Gasteiger partial charge in [0.2, 0.25) is 5.91 Å². The van der Waals surface area contributed by atoms with E-state index in [2.05, 4.69) is 5.32 Å². The highest BCUT2D eigenvalue weighted by molar-refractivity contribution is 5.95. The first-order valence-electron chi connectivity index (χ1n) is 10.8. The molecule has 1 aliphatic carbocycles. The highest BCUT2D eigenvalue weighted by Crippen LogP contribution is 2.32. The second-order valence-electron chi connectivity index (χ2n) is 8.74. The summed E-state index contributed by atoms with van der Waals surface area (Å²) in [7, 11) is 5.59. The van der Waals surface area contributed by atoms with Crippen molar-refractivity contribution in [3.05, 3.63) is 53.6 Å². The van der Waals surface area contributed by atoms with Gasteiger partial charge in [0.25, 0.3) is 5.91 Å². The van der Waals surface area contributed by atoms with Gasteiger partial charge in [-0.1, -0.05) is 13.8 Å². The zero-order chi connectivity index (χ0) is 22.5. The first-order valence-corrected chi connectivity index (χ1v) is 10.8. The molecule has 3 rings (SSSR count). The Balaban J connectivity index is 1.88. The molecule has 31 heavy (non-hydrogen) atoms. The first-order chi connectivity index (χ1) is 14.8. The summed E-state index contributed by atoms with van der Waals surface area (Å²) in [6.45, 7) is 4.96. The van der Waals surface area contributed by atoms with Gasteiger partial charge in [0, 0.05) is 50.0 Å². The summed E-state index contributed by atoms with van der Waals surface area (Å²) in [4.78, 5) is 29.5. The molecule has 166 valence electrons. The molecule has 1 aliphatic rings. The maximum Gasteiger partial charge on any atom is 0.254 e. The number of nitrogens with one attached hydrogen (secondary N) is 1. The van der Waals surface area contributed by atoms with E-state index < -0.39 is 0 Å².